The number of fused-ring (bicyclic) bond motifs is 1. The Morgan fingerprint density at radius 3 is 3.05 bits per heavy atom. The van der Waals surface area contributed by atoms with E-state index >= 15 is 0 Å². The van der Waals surface area contributed by atoms with Crippen molar-refractivity contribution in [2.45, 2.75) is 18.9 Å². The van der Waals surface area contributed by atoms with Crippen LogP contribution in [0, 0.1) is 0 Å². The molecule has 0 aliphatic carbocycles. The molecule has 2 aromatic rings. The molecule has 1 atom stereocenters. The first kappa shape index (κ1) is 13.5. The van der Waals surface area contributed by atoms with Gasteiger partial charge in [0.2, 0.25) is 0 Å². The second kappa shape index (κ2) is 5.24. The van der Waals surface area contributed by atoms with E-state index in [-0.39, 0.29) is 5.91 Å². The number of hydrogen-bond donors (Lipinski definition) is 1. The van der Waals surface area contributed by atoms with Gasteiger partial charge in [-0.1, -0.05) is 0 Å². The zero-order valence-electron chi connectivity index (χ0n) is 12.7. The van der Waals surface area contributed by atoms with Crippen LogP contribution in [0.25, 0.3) is 11.3 Å². The number of aromatic nitrogens is 4. The van der Waals surface area contributed by atoms with Gasteiger partial charge in [-0.2, -0.15) is 10.2 Å². The molecule has 7 heteroatoms. The van der Waals surface area contributed by atoms with Gasteiger partial charge < -0.3 is 4.90 Å². The SMILES string of the molecule is Cn1cc(-c2[nH]ncc2C(=O)N2CCN3CCCC3C2)cn1. The average molecular weight is 300 g/mol. The first-order valence-electron chi connectivity index (χ1n) is 7.78. The van der Waals surface area contributed by atoms with Gasteiger partial charge in [0.25, 0.3) is 5.91 Å². The predicted octanol–water partition coefficient (Wildman–Crippen LogP) is 0.730. The van der Waals surface area contributed by atoms with E-state index in [1.165, 1.54) is 19.4 Å². The third kappa shape index (κ3) is 2.21. The number of piperazine rings is 1. The molecule has 0 bridgehead atoms. The number of H-pyrrole nitrogens is 1. The van der Waals surface area contributed by atoms with E-state index in [0.29, 0.717) is 11.6 Å². The second-order valence-electron chi connectivity index (χ2n) is 6.14. The summed E-state index contributed by atoms with van der Waals surface area (Å²) >= 11 is 0. The molecule has 7 nitrogen and oxygen atoms in total. The zero-order chi connectivity index (χ0) is 15.1. The Morgan fingerprint density at radius 2 is 2.23 bits per heavy atom. The van der Waals surface area contributed by atoms with E-state index in [9.17, 15) is 4.79 Å². The number of nitrogens with one attached hydrogen (secondary N) is 1. The summed E-state index contributed by atoms with van der Waals surface area (Å²) in [7, 11) is 1.86. The summed E-state index contributed by atoms with van der Waals surface area (Å²) in [6.45, 7) is 3.79. The molecule has 1 unspecified atom stereocenters. The lowest BCUT2D eigenvalue weighted by atomic mass is 10.1. The molecule has 0 spiro atoms. The topological polar surface area (TPSA) is 70.1 Å². The molecule has 2 saturated heterocycles. The van der Waals surface area contributed by atoms with E-state index in [1.54, 1.807) is 17.1 Å². The van der Waals surface area contributed by atoms with Crippen molar-refractivity contribution in [2.24, 2.45) is 7.05 Å². The van der Waals surface area contributed by atoms with Crippen molar-refractivity contribution in [3.05, 3.63) is 24.2 Å². The van der Waals surface area contributed by atoms with Gasteiger partial charge >= 0.3 is 0 Å². The molecule has 0 aromatic carbocycles. The average Bonchev–Trinajstić information content (AvgIpc) is 3.25. The van der Waals surface area contributed by atoms with Gasteiger partial charge in [0.05, 0.1) is 23.7 Å². The van der Waals surface area contributed by atoms with Gasteiger partial charge in [0.15, 0.2) is 0 Å². The summed E-state index contributed by atoms with van der Waals surface area (Å²) in [4.78, 5) is 17.3. The molecule has 4 heterocycles. The lowest BCUT2D eigenvalue weighted by molar-refractivity contribution is 0.0572. The van der Waals surface area contributed by atoms with Crippen LogP contribution in [0.3, 0.4) is 0 Å². The zero-order valence-corrected chi connectivity index (χ0v) is 12.7. The van der Waals surface area contributed by atoms with Crippen molar-refractivity contribution < 1.29 is 4.79 Å². The predicted molar refractivity (Wildman–Crippen MR) is 81.3 cm³/mol. The maximum absolute atomic E-state index is 12.9. The summed E-state index contributed by atoms with van der Waals surface area (Å²) in [6, 6.07) is 0.534. The maximum atomic E-state index is 12.9. The molecule has 2 aromatic heterocycles. The number of rotatable bonds is 2. The van der Waals surface area contributed by atoms with Crippen LogP contribution in [0.4, 0.5) is 0 Å². The minimum atomic E-state index is 0.0687. The van der Waals surface area contributed by atoms with E-state index in [1.807, 2.05) is 18.1 Å². The maximum Gasteiger partial charge on any atom is 0.257 e. The van der Waals surface area contributed by atoms with E-state index in [4.69, 9.17) is 0 Å². The van der Waals surface area contributed by atoms with E-state index < -0.39 is 0 Å². The molecule has 2 fully saturated rings. The summed E-state index contributed by atoms with van der Waals surface area (Å²) in [5.41, 5.74) is 2.29. The second-order valence-corrected chi connectivity index (χ2v) is 6.14. The lowest BCUT2D eigenvalue weighted by Crippen LogP contribution is -2.52. The first-order valence-corrected chi connectivity index (χ1v) is 7.78. The number of aryl methyl sites for hydroxylation is 1. The van der Waals surface area contributed by atoms with Crippen LogP contribution in [0.5, 0.6) is 0 Å². The smallest absolute Gasteiger partial charge is 0.257 e. The Morgan fingerprint density at radius 1 is 1.32 bits per heavy atom. The lowest BCUT2D eigenvalue weighted by Gasteiger charge is -2.37. The number of nitrogens with zero attached hydrogens (tertiary/aromatic N) is 5. The third-order valence-electron chi connectivity index (χ3n) is 4.74. The molecule has 2 aliphatic heterocycles. The Kier molecular flexibility index (Phi) is 3.22. The molecule has 22 heavy (non-hydrogen) atoms. The monoisotopic (exact) mass is 300 g/mol. The van der Waals surface area contributed by atoms with Crippen molar-refractivity contribution in [3.8, 4) is 11.3 Å². The highest BCUT2D eigenvalue weighted by Crippen LogP contribution is 2.25. The standard InChI is InChI=1S/C15H20N6O/c1-19-9-11(7-17-19)14-13(8-16-18-14)15(22)21-6-5-20-4-2-3-12(20)10-21/h7-9,12H,2-6,10H2,1H3,(H,16,18). The van der Waals surface area contributed by atoms with Crippen molar-refractivity contribution in [3.63, 3.8) is 0 Å². The highest BCUT2D eigenvalue weighted by atomic mass is 16.2. The van der Waals surface area contributed by atoms with Gasteiger partial charge in [-0.05, 0) is 19.4 Å². The number of carbonyl (C=O) groups excluding carboxylic acids is 1. The summed E-state index contributed by atoms with van der Waals surface area (Å²) < 4.78 is 1.72. The number of hydrogen-bond acceptors (Lipinski definition) is 4. The molecule has 1 amide bonds. The Hall–Kier alpha value is -2.15. The van der Waals surface area contributed by atoms with Gasteiger partial charge in [-0.15, -0.1) is 0 Å². The quantitative estimate of drug-likeness (QED) is 0.887. The third-order valence-corrected chi connectivity index (χ3v) is 4.74. The van der Waals surface area contributed by atoms with Crippen molar-refractivity contribution >= 4 is 5.91 Å². The van der Waals surface area contributed by atoms with Crippen LogP contribution in [0.2, 0.25) is 0 Å². The summed E-state index contributed by atoms with van der Waals surface area (Å²) in [6.07, 6.45) is 7.72. The molecule has 2 aliphatic rings. The molecular formula is C15H20N6O. The Bertz CT molecular complexity index is 690. The van der Waals surface area contributed by atoms with Crippen LogP contribution in [0.15, 0.2) is 18.6 Å². The van der Waals surface area contributed by atoms with Crippen molar-refractivity contribution in [1.82, 2.24) is 29.8 Å². The summed E-state index contributed by atoms with van der Waals surface area (Å²) in [5.74, 6) is 0.0687. The molecule has 0 radical (unpaired) electrons. The van der Waals surface area contributed by atoms with Crippen molar-refractivity contribution in [1.29, 1.82) is 0 Å². The first-order chi connectivity index (χ1) is 10.7. The minimum Gasteiger partial charge on any atom is -0.336 e. The fourth-order valence-electron chi connectivity index (χ4n) is 3.56. The number of aromatic amines is 1. The van der Waals surface area contributed by atoms with Crippen LogP contribution < -0.4 is 0 Å². The van der Waals surface area contributed by atoms with Gasteiger partial charge in [0, 0.05) is 44.5 Å². The normalized spacial score (nSPS) is 22.0. The van der Waals surface area contributed by atoms with Crippen LogP contribution >= 0.6 is 0 Å². The molecule has 1 N–H and O–H groups in total. The Balaban J connectivity index is 1.57. The highest BCUT2D eigenvalue weighted by Gasteiger charge is 2.33. The largest absolute Gasteiger partial charge is 0.336 e. The van der Waals surface area contributed by atoms with Gasteiger partial charge in [-0.25, -0.2) is 0 Å². The van der Waals surface area contributed by atoms with E-state index in [2.05, 4.69) is 20.2 Å². The number of carbonyl (C=O) groups is 1. The molecule has 4 rings (SSSR count). The fourth-order valence-corrected chi connectivity index (χ4v) is 3.56. The highest BCUT2D eigenvalue weighted by molar-refractivity contribution is 5.99. The fraction of sp³-hybridized carbons (Fsp3) is 0.533. The Labute approximate surface area is 128 Å². The number of amides is 1. The van der Waals surface area contributed by atoms with Crippen LogP contribution in [-0.2, 0) is 7.05 Å². The summed E-state index contributed by atoms with van der Waals surface area (Å²) in [5, 5.41) is 11.2. The molecular weight excluding hydrogens is 280 g/mol. The van der Waals surface area contributed by atoms with Crippen LogP contribution in [0.1, 0.15) is 23.2 Å². The molecule has 116 valence electrons. The molecule has 0 saturated carbocycles. The van der Waals surface area contributed by atoms with E-state index in [0.717, 1.165) is 30.9 Å². The van der Waals surface area contributed by atoms with Crippen LogP contribution in [-0.4, -0.2) is 67.9 Å². The van der Waals surface area contributed by atoms with Crippen molar-refractivity contribution in [2.75, 3.05) is 26.2 Å². The minimum absolute atomic E-state index is 0.0687. The van der Waals surface area contributed by atoms with Gasteiger partial charge in [0.1, 0.15) is 0 Å². The van der Waals surface area contributed by atoms with Gasteiger partial charge in [-0.3, -0.25) is 19.5 Å².